The first-order valence-corrected chi connectivity index (χ1v) is 10.4. The molecule has 4 nitrogen and oxygen atoms in total. The van der Waals surface area contributed by atoms with Gasteiger partial charge >= 0.3 is 0 Å². The molecule has 4 saturated carbocycles. The van der Waals surface area contributed by atoms with Gasteiger partial charge in [-0.05, 0) is 75.3 Å². The molecule has 1 saturated heterocycles. The summed E-state index contributed by atoms with van der Waals surface area (Å²) in [6.07, 6.45) is 8.12. The van der Waals surface area contributed by atoms with Crippen molar-refractivity contribution in [2.45, 2.75) is 62.5 Å². The lowest BCUT2D eigenvalue weighted by Gasteiger charge is -2.60. The van der Waals surface area contributed by atoms with E-state index in [1.807, 2.05) is 6.07 Å². The minimum atomic E-state index is -0.514. The Bertz CT molecular complexity index is 675. The maximum atomic E-state index is 13.1. The van der Waals surface area contributed by atoms with E-state index in [4.69, 9.17) is 0 Å². The number of hydrogen-bond acceptors (Lipinski definition) is 3. The Balaban J connectivity index is 1.28. The van der Waals surface area contributed by atoms with Crippen molar-refractivity contribution in [3.05, 3.63) is 30.3 Å². The summed E-state index contributed by atoms with van der Waals surface area (Å²) in [5.41, 5.74) is 0.569. The Kier molecular flexibility index (Phi) is 3.82. The molecule has 0 aromatic heterocycles. The molecule has 2 N–H and O–H groups in total. The van der Waals surface area contributed by atoms with Crippen LogP contribution in [-0.4, -0.2) is 35.2 Å². The Morgan fingerprint density at radius 1 is 1.12 bits per heavy atom. The van der Waals surface area contributed by atoms with Gasteiger partial charge in [-0.25, -0.2) is 0 Å². The van der Waals surface area contributed by atoms with Crippen molar-refractivity contribution in [2.24, 2.45) is 17.8 Å². The van der Waals surface area contributed by atoms with E-state index in [0.29, 0.717) is 11.8 Å². The van der Waals surface area contributed by atoms with Crippen molar-refractivity contribution in [3.63, 3.8) is 0 Å². The fourth-order valence-electron chi connectivity index (χ4n) is 6.79. The number of aliphatic hydroxyl groups is 1. The van der Waals surface area contributed by atoms with Crippen molar-refractivity contribution >= 4 is 11.6 Å². The Morgan fingerprint density at radius 3 is 2.54 bits per heavy atom. The van der Waals surface area contributed by atoms with E-state index in [2.05, 4.69) is 34.5 Å². The lowest BCUT2D eigenvalue weighted by molar-refractivity contribution is -0.152. The summed E-state index contributed by atoms with van der Waals surface area (Å²) in [5, 5.41) is 14.4. The number of anilines is 1. The summed E-state index contributed by atoms with van der Waals surface area (Å²) in [4.78, 5) is 15.5. The number of carbonyl (C=O) groups excluding carboxylic acids is 1. The van der Waals surface area contributed by atoms with Gasteiger partial charge in [0.2, 0.25) is 5.91 Å². The van der Waals surface area contributed by atoms with Crippen LogP contribution >= 0.6 is 0 Å². The van der Waals surface area contributed by atoms with Crippen molar-refractivity contribution in [1.29, 1.82) is 0 Å². The third-order valence-electron chi connectivity index (χ3n) is 7.33. The first-order valence-electron chi connectivity index (χ1n) is 10.4. The molecule has 4 aliphatic carbocycles. The van der Waals surface area contributed by atoms with Gasteiger partial charge in [0.1, 0.15) is 0 Å². The highest BCUT2D eigenvalue weighted by Crippen LogP contribution is 2.57. The summed E-state index contributed by atoms with van der Waals surface area (Å²) in [5.74, 6) is 1.49. The monoisotopic (exact) mass is 354 g/mol. The van der Waals surface area contributed by atoms with Gasteiger partial charge in [-0.2, -0.15) is 0 Å². The van der Waals surface area contributed by atoms with Crippen LogP contribution in [0.15, 0.2) is 30.3 Å². The van der Waals surface area contributed by atoms with Crippen LogP contribution in [0.5, 0.6) is 0 Å². The predicted molar refractivity (Wildman–Crippen MR) is 102 cm³/mol. The number of carbonyl (C=O) groups is 1. The van der Waals surface area contributed by atoms with Crippen molar-refractivity contribution < 1.29 is 9.90 Å². The first-order chi connectivity index (χ1) is 12.5. The zero-order valence-electron chi connectivity index (χ0n) is 15.5. The minimum absolute atomic E-state index is 0.0617. The van der Waals surface area contributed by atoms with E-state index < -0.39 is 5.60 Å². The molecule has 5 fully saturated rings. The second-order valence-electron chi connectivity index (χ2n) is 9.58. The smallest absolute Gasteiger partial charge is 0.225 e. The summed E-state index contributed by atoms with van der Waals surface area (Å²) in [6, 6.07) is 10.4. The number of hydrogen-bond donors (Lipinski definition) is 2. The average Bonchev–Trinajstić information content (AvgIpc) is 2.60. The number of amides is 1. The fraction of sp³-hybridized carbons (Fsp3) is 0.682. The SMILES string of the molecule is O=C(NC12CC3CC(CC(O)(C3)C1)C2)C1CCCN(c2ccccc2)C1. The number of benzene rings is 1. The Morgan fingerprint density at radius 2 is 1.85 bits per heavy atom. The van der Waals surface area contributed by atoms with Gasteiger partial charge in [0.05, 0.1) is 11.5 Å². The normalized spacial score (nSPS) is 41.3. The summed E-state index contributed by atoms with van der Waals surface area (Å²) in [6.45, 7) is 1.84. The molecule has 1 aromatic carbocycles. The number of nitrogens with zero attached hydrogens (tertiary/aromatic N) is 1. The van der Waals surface area contributed by atoms with Gasteiger partial charge in [0.25, 0.3) is 0 Å². The average molecular weight is 354 g/mol. The molecule has 1 aromatic rings. The third kappa shape index (κ3) is 2.92. The molecule has 0 spiro atoms. The first kappa shape index (κ1) is 16.6. The highest BCUT2D eigenvalue weighted by Gasteiger charge is 2.57. The maximum absolute atomic E-state index is 13.1. The van der Waals surface area contributed by atoms with E-state index in [9.17, 15) is 9.90 Å². The molecule has 5 aliphatic rings. The highest BCUT2D eigenvalue weighted by atomic mass is 16.3. The number of nitrogens with one attached hydrogen (secondary N) is 1. The molecule has 1 aliphatic heterocycles. The van der Waals surface area contributed by atoms with Crippen molar-refractivity contribution in [1.82, 2.24) is 5.32 Å². The van der Waals surface area contributed by atoms with Crippen LogP contribution in [-0.2, 0) is 4.79 Å². The van der Waals surface area contributed by atoms with Crippen LogP contribution in [0, 0.1) is 17.8 Å². The lowest BCUT2D eigenvalue weighted by Crippen LogP contribution is -2.66. The van der Waals surface area contributed by atoms with Gasteiger partial charge in [0.15, 0.2) is 0 Å². The van der Waals surface area contributed by atoms with Gasteiger partial charge < -0.3 is 15.3 Å². The number of rotatable bonds is 3. The fourth-order valence-corrected chi connectivity index (χ4v) is 6.79. The van der Waals surface area contributed by atoms with Gasteiger partial charge in [-0.1, -0.05) is 18.2 Å². The number of piperidine rings is 1. The zero-order chi connectivity index (χ0) is 17.8. The molecule has 4 bridgehead atoms. The zero-order valence-corrected chi connectivity index (χ0v) is 15.5. The van der Waals surface area contributed by atoms with E-state index in [1.165, 1.54) is 12.1 Å². The van der Waals surface area contributed by atoms with E-state index in [1.54, 1.807) is 0 Å². The van der Waals surface area contributed by atoms with E-state index >= 15 is 0 Å². The Labute approximate surface area is 156 Å². The topological polar surface area (TPSA) is 52.6 Å². The largest absolute Gasteiger partial charge is 0.390 e. The minimum Gasteiger partial charge on any atom is -0.390 e. The molecule has 3 atom stereocenters. The highest BCUT2D eigenvalue weighted by molar-refractivity contribution is 5.80. The molecule has 0 radical (unpaired) electrons. The lowest BCUT2D eigenvalue weighted by atomic mass is 9.51. The molecular formula is C22H30N2O2. The molecular weight excluding hydrogens is 324 g/mol. The van der Waals surface area contributed by atoms with Crippen LogP contribution in [0.1, 0.15) is 51.4 Å². The maximum Gasteiger partial charge on any atom is 0.225 e. The van der Waals surface area contributed by atoms with Gasteiger partial charge in [-0.3, -0.25) is 4.79 Å². The summed E-state index contributed by atoms with van der Waals surface area (Å²) in [7, 11) is 0. The van der Waals surface area contributed by atoms with Crippen LogP contribution in [0.2, 0.25) is 0 Å². The third-order valence-corrected chi connectivity index (χ3v) is 7.33. The van der Waals surface area contributed by atoms with E-state index in [0.717, 1.165) is 58.0 Å². The van der Waals surface area contributed by atoms with Gasteiger partial charge in [0, 0.05) is 24.3 Å². The summed E-state index contributed by atoms with van der Waals surface area (Å²) < 4.78 is 0. The molecule has 1 amide bonds. The molecule has 6 rings (SSSR count). The molecule has 140 valence electrons. The quantitative estimate of drug-likeness (QED) is 0.877. The standard InChI is InChI=1S/C22H30N2O2/c25-20(18-5-4-8-24(14-18)19-6-2-1-3-7-19)23-21-10-16-9-17(11-21)13-22(26,12-16)15-21/h1-3,6-7,16-18,26H,4-5,8-15H2,(H,23,25). The van der Waals surface area contributed by atoms with Gasteiger partial charge in [-0.15, -0.1) is 0 Å². The molecule has 1 heterocycles. The molecule has 26 heavy (non-hydrogen) atoms. The van der Waals surface area contributed by atoms with E-state index in [-0.39, 0.29) is 17.4 Å². The van der Waals surface area contributed by atoms with Crippen LogP contribution in [0.4, 0.5) is 5.69 Å². The van der Waals surface area contributed by atoms with Crippen LogP contribution < -0.4 is 10.2 Å². The van der Waals surface area contributed by atoms with Crippen LogP contribution in [0.3, 0.4) is 0 Å². The van der Waals surface area contributed by atoms with Crippen molar-refractivity contribution in [2.75, 3.05) is 18.0 Å². The van der Waals surface area contributed by atoms with Crippen molar-refractivity contribution in [3.8, 4) is 0 Å². The summed E-state index contributed by atoms with van der Waals surface area (Å²) >= 11 is 0. The van der Waals surface area contributed by atoms with Crippen LogP contribution in [0.25, 0.3) is 0 Å². The number of para-hydroxylation sites is 1. The second-order valence-corrected chi connectivity index (χ2v) is 9.58. The Hall–Kier alpha value is -1.55. The molecule has 4 heteroatoms. The second kappa shape index (κ2) is 5.98. The predicted octanol–water partition coefficient (Wildman–Crippen LogP) is 3.10. The molecule has 3 unspecified atom stereocenters.